The lowest BCUT2D eigenvalue weighted by Crippen LogP contribution is -2.49. The lowest BCUT2D eigenvalue weighted by Gasteiger charge is -2.19. The summed E-state index contributed by atoms with van der Waals surface area (Å²) in [7, 11) is 0. The Bertz CT molecular complexity index is 348. The fourth-order valence-corrected chi connectivity index (χ4v) is 1.83. The molecule has 1 atom stereocenters. The van der Waals surface area contributed by atoms with Gasteiger partial charge in [-0.05, 0) is 19.1 Å². The molecule has 1 rings (SSSR count). The van der Waals surface area contributed by atoms with Gasteiger partial charge in [0.2, 0.25) is 5.91 Å². The third kappa shape index (κ3) is 2.91. The van der Waals surface area contributed by atoms with E-state index in [1.54, 1.807) is 13.8 Å². The molecule has 17 heavy (non-hydrogen) atoms. The van der Waals surface area contributed by atoms with Crippen molar-refractivity contribution in [1.82, 2.24) is 15.8 Å². The van der Waals surface area contributed by atoms with Crippen LogP contribution in [0.5, 0.6) is 0 Å². The first-order chi connectivity index (χ1) is 7.94. The Morgan fingerprint density at radius 2 is 2.12 bits per heavy atom. The van der Waals surface area contributed by atoms with Gasteiger partial charge in [-0.2, -0.15) is 16.8 Å². The fourth-order valence-electron chi connectivity index (χ4n) is 1.38. The predicted octanol–water partition coefficient (Wildman–Crippen LogP) is 0.491. The van der Waals surface area contributed by atoms with Gasteiger partial charge in [0.05, 0.1) is 5.75 Å². The Labute approximate surface area is 104 Å². The van der Waals surface area contributed by atoms with Gasteiger partial charge < -0.3 is 5.32 Å². The molecule has 0 spiro atoms. The first-order valence-electron chi connectivity index (χ1n) is 5.48. The van der Waals surface area contributed by atoms with Crippen LogP contribution < -0.4 is 10.7 Å². The van der Waals surface area contributed by atoms with E-state index >= 15 is 0 Å². The van der Waals surface area contributed by atoms with E-state index in [9.17, 15) is 14.4 Å². The molecule has 6 nitrogen and oxygen atoms in total. The van der Waals surface area contributed by atoms with Gasteiger partial charge in [-0.15, -0.1) is 0 Å². The van der Waals surface area contributed by atoms with Gasteiger partial charge in [-0.3, -0.25) is 15.0 Å². The van der Waals surface area contributed by atoms with Gasteiger partial charge >= 0.3 is 6.03 Å². The summed E-state index contributed by atoms with van der Waals surface area (Å²) in [5.41, 5.74) is 1.40. The van der Waals surface area contributed by atoms with E-state index in [2.05, 4.69) is 10.7 Å². The number of hydrogen-bond donors (Lipinski definition) is 2. The Balaban J connectivity index is 2.63. The fraction of sp³-hybridized carbons (Fsp3) is 0.700. The highest BCUT2D eigenvalue weighted by Crippen LogP contribution is 2.19. The number of imide groups is 1. The molecule has 0 bridgehead atoms. The molecule has 0 aromatic carbocycles. The molecule has 0 radical (unpaired) electrons. The Kier molecular flexibility index (Phi) is 4.39. The standard InChI is InChI=1S/C10H17N3O3S/c1-4-10(3)8(15)13(9(16)11-10)12-7(14)6-17-5-2/h4-6H2,1-3H3,(H,11,16)(H,12,14). The van der Waals surface area contributed by atoms with Crippen LogP contribution in [0.3, 0.4) is 0 Å². The highest BCUT2D eigenvalue weighted by molar-refractivity contribution is 7.99. The number of thioether (sulfide) groups is 1. The normalized spacial score (nSPS) is 23.8. The third-order valence-electron chi connectivity index (χ3n) is 2.64. The summed E-state index contributed by atoms with van der Waals surface area (Å²) in [5.74, 6) is 0.275. The van der Waals surface area contributed by atoms with Crippen molar-refractivity contribution in [3.8, 4) is 0 Å². The molecule has 0 aromatic rings. The van der Waals surface area contributed by atoms with E-state index < -0.39 is 17.5 Å². The molecule has 1 unspecified atom stereocenters. The van der Waals surface area contributed by atoms with Crippen LogP contribution in [0, 0.1) is 0 Å². The maximum Gasteiger partial charge on any atom is 0.344 e. The van der Waals surface area contributed by atoms with Crippen LogP contribution in [0.15, 0.2) is 0 Å². The van der Waals surface area contributed by atoms with Crippen molar-refractivity contribution in [1.29, 1.82) is 0 Å². The van der Waals surface area contributed by atoms with Crippen molar-refractivity contribution in [2.24, 2.45) is 0 Å². The summed E-state index contributed by atoms with van der Waals surface area (Å²) in [4.78, 5) is 34.9. The van der Waals surface area contributed by atoms with Crippen LogP contribution in [0.2, 0.25) is 0 Å². The number of rotatable bonds is 5. The van der Waals surface area contributed by atoms with Crippen molar-refractivity contribution in [2.75, 3.05) is 11.5 Å². The Morgan fingerprint density at radius 3 is 2.59 bits per heavy atom. The van der Waals surface area contributed by atoms with E-state index in [1.807, 2.05) is 6.92 Å². The van der Waals surface area contributed by atoms with E-state index in [1.165, 1.54) is 11.8 Å². The maximum atomic E-state index is 11.9. The van der Waals surface area contributed by atoms with Crippen molar-refractivity contribution in [3.63, 3.8) is 0 Å². The zero-order valence-electron chi connectivity index (χ0n) is 10.2. The van der Waals surface area contributed by atoms with Gasteiger partial charge in [-0.1, -0.05) is 13.8 Å². The topological polar surface area (TPSA) is 78.5 Å². The molecule has 1 fully saturated rings. The SMILES string of the molecule is CCSCC(=O)NN1C(=O)NC(C)(CC)C1=O. The van der Waals surface area contributed by atoms with E-state index in [4.69, 9.17) is 0 Å². The number of nitrogens with zero attached hydrogens (tertiary/aromatic N) is 1. The average molecular weight is 259 g/mol. The van der Waals surface area contributed by atoms with Crippen molar-refractivity contribution >= 4 is 29.6 Å². The summed E-state index contributed by atoms with van der Waals surface area (Å²) in [6.45, 7) is 5.37. The highest BCUT2D eigenvalue weighted by Gasteiger charge is 2.47. The van der Waals surface area contributed by atoms with Gasteiger partial charge in [0, 0.05) is 0 Å². The van der Waals surface area contributed by atoms with Crippen LogP contribution in [0.25, 0.3) is 0 Å². The number of amides is 4. The monoisotopic (exact) mass is 259 g/mol. The molecule has 1 heterocycles. The zero-order valence-corrected chi connectivity index (χ0v) is 11.0. The minimum Gasteiger partial charge on any atom is -0.322 e. The number of nitrogens with one attached hydrogen (secondary N) is 2. The molecule has 1 aliphatic heterocycles. The highest BCUT2D eigenvalue weighted by atomic mass is 32.2. The minimum atomic E-state index is -0.914. The van der Waals surface area contributed by atoms with Gasteiger partial charge in [0.1, 0.15) is 5.54 Å². The second kappa shape index (κ2) is 5.39. The number of urea groups is 1. The third-order valence-corrected chi connectivity index (χ3v) is 3.52. The van der Waals surface area contributed by atoms with Gasteiger partial charge in [-0.25, -0.2) is 4.79 Å². The number of hydrazine groups is 1. The molecular weight excluding hydrogens is 242 g/mol. The Hall–Kier alpha value is -1.24. The zero-order chi connectivity index (χ0) is 13.1. The summed E-state index contributed by atoms with van der Waals surface area (Å²) in [6, 6.07) is -0.575. The summed E-state index contributed by atoms with van der Waals surface area (Å²) < 4.78 is 0. The molecule has 1 saturated heterocycles. The second-order valence-electron chi connectivity index (χ2n) is 3.93. The van der Waals surface area contributed by atoms with Gasteiger partial charge in [0.25, 0.3) is 5.91 Å². The van der Waals surface area contributed by atoms with E-state index in [-0.39, 0.29) is 11.7 Å². The first-order valence-corrected chi connectivity index (χ1v) is 6.64. The molecule has 2 N–H and O–H groups in total. The maximum absolute atomic E-state index is 11.9. The van der Waals surface area contributed by atoms with Crippen LogP contribution >= 0.6 is 11.8 Å². The first kappa shape index (κ1) is 13.8. The molecular formula is C10H17N3O3S. The lowest BCUT2D eigenvalue weighted by atomic mass is 10.00. The van der Waals surface area contributed by atoms with E-state index in [0.29, 0.717) is 6.42 Å². The lowest BCUT2D eigenvalue weighted by molar-refractivity contribution is -0.137. The Morgan fingerprint density at radius 1 is 1.47 bits per heavy atom. The van der Waals surface area contributed by atoms with Crippen LogP contribution in [0.1, 0.15) is 27.2 Å². The number of carbonyl (C=O) groups is 3. The predicted molar refractivity (Wildman–Crippen MR) is 65.2 cm³/mol. The molecule has 0 aromatic heterocycles. The molecule has 1 aliphatic rings. The van der Waals surface area contributed by atoms with Crippen LogP contribution in [-0.4, -0.2) is 39.9 Å². The summed E-state index contributed by atoms with van der Waals surface area (Å²) in [6.07, 6.45) is 0.480. The van der Waals surface area contributed by atoms with E-state index in [0.717, 1.165) is 10.8 Å². The number of hydrogen-bond acceptors (Lipinski definition) is 4. The quantitative estimate of drug-likeness (QED) is 0.704. The average Bonchev–Trinajstić information content (AvgIpc) is 2.51. The van der Waals surface area contributed by atoms with Gasteiger partial charge in [0.15, 0.2) is 0 Å². The largest absolute Gasteiger partial charge is 0.344 e. The summed E-state index contributed by atoms with van der Waals surface area (Å²) >= 11 is 1.43. The van der Waals surface area contributed by atoms with Crippen LogP contribution in [-0.2, 0) is 9.59 Å². The smallest absolute Gasteiger partial charge is 0.322 e. The summed E-state index contributed by atoms with van der Waals surface area (Å²) in [5, 5.41) is 3.32. The molecule has 96 valence electrons. The second-order valence-corrected chi connectivity index (χ2v) is 5.20. The van der Waals surface area contributed by atoms with Crippen molar-refractivity contribution in [3.05, 3.63) is 0 Å². The molecule has 4 amide bonds. The van der Waals surface area contributed by atoms with Crippen molar-refractivity contribution in [2.45, 2.75) is 32.7 Å². The molecule has 7 heteroatoms. The van der Waals surface area contributed by atoms with Crippen molar-refractivity contribution < 1.29 is 14.4 Å². The van der Waals surface area contributed by atoms with Crippen LogP contribution in [0.4, 0.5) is 4.79 Å². The minimum absolute atomic E-state index is 0.233. The number of carbonyl (C=O) groups excluding carboxylic acids is 3. The molecule has 0 saturated carbocycles. The molecule has 0 aliphatic carbocycles.